The summed E-state index contributed by atoms with van der Waals surface area (Å²) in [6.07, 6.45) is 3.31. The van der Waals surface area contributed by atoms with Gasteiger partial charge in [0.1, 0.15) is 5.75 Å². The summed E-state index contributed by atoms with van der Waals surface area (Å²) >= 11 is 0. The molecule has 0 spiro atoms. The first kappa shape index (κ1) is 16.1. The first-order valence-electron chi connectivity index (χ1n) is 7.14. The molecule has 0 atom stereocenters. The van der Waals surface area contributed by atoms with Gasteiger partial charge in [-0.2, -0.15) is 0 Å². The molecule has 2 heteroatoms. The van der Waals surface area contributed by atoms with Crippen LogP contribution in [0.5, 0.6) is 5.75 Å². The molecule has 0 aliphatic heterocycles. The topological polar surface area (TPSA) is 46.2 Å². The second-order valence-electron chi connectivity index (χ2n) is 5.04. The van der Waals surface area contributed by atoms with Crippen LogP contribution in [0.2, 0.25) is 0 Å². The Kier molecular flexibility index (Phi) is 6.65. The molecule has 2 aromatic carbocycles. The van der Waals surface area contributed by atoms with E-state index in [2.05, 4.69) is 6.92 Å². The third kappa shape index (κ3) is 4.96. The van der Waals surface area contributed by atoms with Gasteiger partial charge in [-0.25, -0.2) is 0 Å². The number of hydrogen-bond donors (Lipinski definition) is 2. The Hall–Kier alpha value is -1.96. The predicted molar refractivity (Wildman–Crippen MR) is 87.0 cm³/mol. The van der Waals surface area contributed by atoms with Gasteiger partial charge in [-0.3, -0.25) is 0 Å². The zero-order valence-corrected chi connectivity index (χ0v) is 12.7. The Morgan fingerprint density at radius 3 is 2.15 bits per heavy atom. The summed E-state index contributed by atoms with van der Waals surface area (Å²) < 4.78 is 0. The number of aryl methyl sites for hydroxylation is 3. The molecule has 0 fully saturated rings. The molecule has 0 amide bonds. The van der Waals surface area contributed by atoms with Crippen molar-refractivity contribution in [1.29, 1.82) is 0 Å². The number of rotatable bonds is 3. The molecule has 2 nitrogen and oxygen atoms in total. The molecule has 0 unspecified atom stereocenters. The lowest BCUT2D eigenvalue weighted by molar-refractivity contribution is 0.463. The molecule has 0 aliphatic rings. The number of phenols is 1. The maximum atomic E-state index is 9.62. The quantitative estimate of drug-likeness (QED) is 0.800. The Labute approximate surface area is 122 Å². The maximum Gasteiger partial charge on any atom is 0.121 e. The average molecular weight is 271 g/mol. The number of phenolic OH excluding ortho intramolecular Hbond substituents is 1. The van der Waals surface area contributed by atoms with Crippen molar-refractivity contribution in [3.63, 3.8) is 0 Å². The van der Waals surface area contributed by atoms with E-state index in [0.717, 1.165) is 35.2 Å². The summed E-state index contributed by atoms with van der Waals surface area (Å²) in [6.45, 7) is 6.09. The van der Waals surface area contributed by atoms with Crippen molar-refractivity contribution in [3.8, 4) is 5.75 Å². The Morgan fingerprint density at radius 2 is 1.60 bits per heavy atom. The van der Waals surface area contributed by atoms with Crippen LogP contribution >= 0.6 is 0 Å². The highest BCUT2D eigenvalue weighted by Crippen LogP contribution is 2.22. The molecule has 20 heavy (non-hydrogen) atoms. The normalized spacial score (nSPS) is 9.75. The lowest BCUT2D eigenvalue weighted by Gasteiger charge is -2.05. The van der Waals surface area contributed by atoms with Gasteiger partial charge < -0.3 is 10.8 Å². The van der Waals surface area contributed by atoms with E-state index in [1.807, 2.05) is 56.3 Å². The van der Waals surface area contributed by atoms with Crippen molar-refractivity contribution < 1.29 is 5.11 Å². The van der Waals surface area contributed by atoms with E-state index in [4.69, 9.17) is 5.73 Å². The van der Waals surface area contributed by atoms with Crippen molar-refractivity contribution in [3.05, 3.63) is 59.2 Å². The standard InChI is InChI=1S/C11H16O.C7H9N/c1-3-4-7-10-8-5-6-9(2)11(10)12;1-6-4-2-3-5-7(6)8/h5-6,8,12H,3-4,7H2,1-2H3;2-5H,8H2,1H3. The highest BCUT2D eigenvalue weighted by Gasteiger charge is 2.01. The van der Waals surface area contributed by atoms with Crippen molar-refractivity contribution in [1.82, 2.24) is 0 Å². The van der Waals surface area contributed by atoms with E-state index in [1.54, 1.807) is 0 Å². The highest BCUT2D eigenvalue weighted by atomic mass is 16.3. The first-order chi connectivity index (χ1) is 9.56. The summed E-state index contributed by atoms with van der Waals surface area (Å²) in [5.41, 5.74) is 9.59. The average Bonchev–Trinajstić information content (AvgIpc) is 2.44. The minimum atomic E-state index is 0.478. The van der Waals surface area contributed by atoms with Crippen LogP contribution in [0.4, 0.5) is 5.69 Å². The number of unbranched alkanes of at least 4 members (excludes halogenated alkanes) is 1. The van der Waals surface area contributed by atoms with Gasteiger partial charge in [-0.1, -0.05) is 49.7 Å². The van der Waals surface area contributed by atoms with Crippen molar-refractivity contribution in [2.24, 2.45) is 0 Å². The second-order valence-corrected chi connectivity index (χ2v) is 5.04. The van der Waals surface area contributed by atoms with Gasteiger partial charge in [0.05, 0.1) is 0 Å². The van der Waals surface area contributed by atoms with E-state index in [0.29, 0.717) is 5.75 Å². The molecular formula is C18H25NO. The van der Waals surface area contributed by atoms with Crippen LogP contribution in [-0.4, -0.2) is 5.11 Å². The predicted octanol–water partition coefficient (Wildman–Crippen LogP) is 4.62. The molecule has 0 bridgehead atoms. The van der Waals surface area contributed by atoms with Gasteiger partial charge in [0.25, 0.3) is 0 Å². The van der Waals surface area contributed by atoms with Crippen LogP contribution in [0, 0.1) is 13.8 Å². The number of hydrogen-bond acceptors (Lipinski definition) is 2. The maximum absolute atomic E-state index is 9.62. The summed E-state index contributed by atoms with van der Waals surface area (Å²) in [5.74, 6) is 0.478. The van der Waals surface area contributed by atoms with Crippen LogP contribution in [0.3, 0.4) is 0 Å². The molecule has 2 rings (SSSR count). The van der Waals surface area contributed by atoms with Crippen LogP contribution in [0.25, 0.3) is 0 Å². The molecule has 0 aromatic heterocycles. The third-order valence-electron chi connectivity index (χ3n) is 3.31. The zero-order valence-electron chi connectivity index (χ0n) is 12.7. The Bertz CT molecular complexity index is 514. The van der Waals surface area contributed by atoms with Crippen molar-refractivity contribution in [2.75, 3.05) is 5.73 Å². The van der Waals surface area contributed by atoms with Crippen LogP contribution < -0.4 is 5.73 Å². The number of anilines is 1. The SMILES string of the molecule is CCCCc1cccc(C)c1O.Cc1ccccc1N. The summed E-state index contributed by atoms with van der Waals surface area (Å²) in [4.78, 5) is 0. The van der Waals surface area contributed by atoms with Gasteiger partial charge in [0.2, 0.25) is 0 Å². The fourth-order valence-corrected chi connectivity index (χ4v) is 1.88. The van der Waals surface area contributed by atoms with E-state index in [1.165, 1.54) is 6.42 Å². The molecule has 0 saturated carbocycles. The third-order valence-corrected chi connectivity index (χ3v) is 3.31. The molecule has 0 radical (unpaired) electrons. The molecule has 108 valence electrons. The smallest absolute Gasteiger partial charge is 0.121 e. The minimum absolute atomic E-state index is 0.478. The van der Waals surface area contributed by atoms with E-state index < -0.39 is 0 Å². The summed E-state index contributed by atoms with van der Waals surface area (Å²) in [7, 11) is 0. The number of para-hydroxylation sites is 2. The number of benzene rings is 2. The molecular weight excluding hydrogens is 246 g/mol. The lowest BCUT2D eigenvalue weighted by Crippen LogP contribution is -1.87. The fraction of sp³-hybridized carbons (Fsp3) is 0.333. The van der Waals surface area contributed by atoms with Gasteiger partial charge in [-0.15, -0.1) is 0 Å². The molecule has 0 saturated heterocycles. The van der Waals surface area contributed by atoms with E-state index >= 15 is 0 Å². The number of nitrogen functional groups attached to an aromatic ring is 1. The highest BCUT2D eigenvalue weighted by molar-refractivity contribution is 5.45. The molecule has 2 aromatic rings. The monoisotopic (exact) mass is 271 g/mol. The van der Waals surface area contributed by atoms with Gasteiger partial charge >= 0.3 is 0 Å². The molecule has 0 aliphatic carbocycles. The van der Waals surface area contributed by atoms with Crippen molar-refractivity contribution >= 4 is 5.69 Å². The zero-order chi connectivity index (χ0) is 15.0. The molecule has 0 heterocycles. The lowest BCUT2D eigenvalue weighted by atomic mass is 10.0. The van der Waals surface area contributed by atoms with Crippen LogP contribution in [0.1, 0.15) is 36.5 Å². The Morgan fingerprint density at radius 1 is 0.950 bits per heavy atom. The van der Waals surface area contributed by atoms with Crippen molar-refractivity contribution in [2.45, 2.75) is 40.0 Å². The number of aromatic hydroxyl groups is 1. The number of nitrogens with two attached hydrogens (primary N) is 1. The molecule has 3 N–H and O–H groups in total. The van der Waals surface area contributed by atoms with E-state index in [9.17, 15) is 5.11 Å². The van der Waals surface area contributed by atoms with Crippen LogP contribution in [0.15, 0.2) is 42.5 Å². The fourth-order valence-electron chi connectivity index (χ4n) is 1.88. The second kappa shape index (κ2) is 8.26. The largest absolute Gasteiger partial charge is 0.507 e. The van der Waals surface area contributed by atoms with Gasteiger partial charge in [-0.05, 0) is 49.4 Å². The summed E-state index contributed by atoms with van der Waals surface area (Å²) in [6, 6.07) is 13.7. The van der Waals surface area contributed by atoms with Gasteiger partial charge in [0.15, 0.2) is 0 Å². The van der Waals surface area contributed by atoms with Gasteiger partial charge in [0, 0.05) is 5.69 Å². The summed E-state index contributed by atoms with van der Waals surface area (Å²) in [5, 5.41) is 9.62. The van der Waals surface area contributed by atoms with E-state index in [-0.39, 0.29) is 0 Å². The Balaban J connectivity index is 0.000000217. The minimum Gasteiger partial charge on any atom is -0.507 e. The first-order valence-corrected chi connectivity index (χ1v) is 7.14. The van der Waals surface area contributed by atoms with Crippen LogP contribution in [-0.2, 0) is 6.42 Å².